The molecule has 1 N–H and O–H groups in total. The maximum Gasteiger partial charge on any atom is 0.237 e. The van der Waals surface area contributed by atoms with Gasteiger partial charge in [0.15, 0.2) is 0 Å². The van der Waals surface area contributed by atoms with Crippen molar-refractivity contribution in [3.8, 4) is 0 Å². The van der Waals surface area contributed by atoms with Crippen molar-refractivity contribution in [3.63, 3.8) is 0 Å². The Morgan fingerprint density at radius 3 is 2.88 bits per heavy atom. The zero-order valence-electron chi connectivity index (χ0n) is 4.72. The molecule has 0 radical (unpaired) electrons. The molecule has 1 rings (SSSR count). The van der Waals surface area contributed by atoms with Crippen molar-refractivity contribution in [3.05, 3.63) is 12.3 Å². The predicted octanol–water partition coefficient (Wildman–Crippen LogP) is -0.133. The first-order chi connectivity index (χ1) is 3.80. The van der Waals surface area contributed by atoms with Gasteiger partial charge in [0.25, 0.3) is 0 Å². The number of rotatable bonds is 0. The molecule has 1 aliphatic heterocycles. The molecule has 44 valence electrons. The first kappa shape index (κ1) is 5.31. The van der Waals surface area contributed by atoms with Crippen molar-refractivity contribution >= 4 is 5.91 Å². The van der Waals surface area contributed by atoms with Gasteiger partial charge in [0.2, 0.25) is 5.91 Å². The number of hydrogen-bond donors (Lipinski definition) is 1. The highest BCUT2D eigenvalue weighted by atomic mass is 16.2. The summed E-state index contributed by atoms with van der Waals surface area (Å²) in [5.74, 6) is 0.0266. The molecule has 0 saturated heterocycles. The topological polar surface area (TPSA) is 32.3 Å². The normalized spacial score (nSPS) is 17.4. The van der Waals surface area contributed by atoms with Crippen LogP contribution in [0.1, 0.15) is 6.92 Å². The number of nitrogens with one attached hydrogen (secondary N) is 1. The zero-order valence-corrected chi connectivity index (χ0v) is 4.72. The van der Waals surface area contributed by atoms with Gasteiger partial charge in [-0.05, 0) is 0 Å². The van der Waals surface area contributed by atoms with Crippen molar-refractivity contribution in [2.24, 2.45) is 0 Å². The molecule has 0 aromatic rings. The third-order valence-corrected chi connectivity index (χ3v) is 0.973. The Morgan fingerprint density at radius 2 is 2.62 bits per heavy atom. The third-order valence-electron chi connectivity index (χ3n) is 0.973. The number of carbonyl (C=O) groups is 1. The first-order valence-electron chi connectivity index (χ1n) is 2.50. The minimum absolute atomic E-state index is 0.0266. The summed E-state index contributed by atoms with van der Waals surface area (Å²) in [6, 6.07) is 0. The summed E-state index contributed by atoms with van der Waals surface area (Å²) < 4.78 is 0. The Bertz CT molecular complexity index is 130. The summed E-state index contributed by atoms with van der Waals surface area (Å²) in [4.78, 5) is 10.5. The molecule has 0 fully saturated rings. The molecule has 0 bridgehead atoms. The second kappa shape index (κ2) is 1.96. The molecule has 0 spiro atoms. The van der Waals surface area contributed by atoms with Crippen LogP contribution in [0.3, 0.4) is 0 Å². The maximum atomic E-state index is 10.5. The molecule has 0 aliphatic carbocycles. The average Bonchev–Trinajstić information content (AvgIpc) is 2.12. The van der Waals surface area contributed by atoms with E-state index in [0.717, 1.165) is 6.54 Å². The van der Waals surface area contributed by atoms with E-state index in [-0.39, 0.29) is 5.91 Å². The Labute approximate surface area is 47.9 Å². The second-order valence-corrected chi connectivity index (χ2v) is 1.64. The average molecular weight is 112 g/mol. The lowest BCUT2D eigenvalue weighted by atomic mass is 10.6. The summed E-state index contributed by atoms with van der Waals surface area (Å²) in [5, 5.41) is 1.46. The standard InChI is InChI=1S/C5H8N2O/c1-5(8)7-4-2-3-6-7/h2,4,6H,3H2,1H3. The second-order valence-electron chi connectivity index (χ2n) is 1.64. The van der Waals surface area contributed by atoms with Gasteiger partial charge in [0.1, 0.15) is 0 Å². The Morgan fingerprint density at radius 1 is 1.88 bits per heavy atom. The van der Waals surface area contributed by atoms with Crippen LogP contribution in [-0.2, 0) is 4.79 Å². The molecule has 0 aromatic carbocycles. The summed E-state index contributed by atoms with van der Waals surface area (Å²) >= 11 is 0. The predicted molar refractivity (Wildman–Crippen MR) is 29.7 cm³/mol. The van der Waals surface area contributed by atoms with Crippen molar-refractivity contribution in [2.75, 3.05) is 6.54 Å². The summed E-state index contributed by atoms with van der Waals surface area (Å²) in [6.45, 7) is 2.28. The van der Waals surface area contributed by atoms with E-state index in [1.165, 1.54) is 11.9 Å². The monoisotopic (exact) mass is 112 g/mol. The molecule has 3 nitrogen and oxygen atoms in total. The lowest BCUT2D eigenvalue weighted by Crippen LogP contribution is -2.32. The van der Waals surface area contributed by atoms with Gasteiger partial charge < -0.3 is 0 Å². The minimum atomic E-state index is 0.0266. The van der Waals surface area contributed by atoms with E-state index in [2.05, 4.69) is 5.43 Å². The van der Waals surface area contributed by atoms with Gasteiger partial charge >= 0.3 is 0 Å². The molecule has 8 heavy (non-hydrogen) atoms. The van der Waals surface area contributed by atoms with Crippen molar-refractivity contribution < 1.29 is 4.79 Å². The molecular weight excluding hydrogens is 104 g/mol. The van der Waals surface area contributed by atoms with E-state index in [1.54, 1.807) is 6.20 Å². The highest BCUT2D eigenvalue weighted by Gasteiger charge is 2.05. The Hall–Kier alpha value is -0.830. The van der Waals surface area contributed by atoms with Crippen molar-refractivity contribution in [1.82, 2.24) is 10.4 Å². The van der Waals surface area contributed by atoms with Gasteiger partial charge in [-0.3, -0.25) is 9.80 Å². The van der Waals surface area contributed by atoms with E-state index >= 15 is 0 Å². The lowest BCUT2D eigenvalue weighted by Gasteiger charge is -2.08. The van der Waals surface area contributed by atoms with Gasteiger partial charge in [-0.15, -0.1) is 0 Å². The van der Waals surface area contributed by atoms with Crippen LogP contribution in [0.15, 0.2) is 12.3 Å². The summed E-state index contributed by atoms with van der Waals surface area (Å²) in [6.07, 6.45) is 3.61. The van der Waals surface area contributed by atoms with Crippen LogP contribution < -0.4 is 5.43 Å². The Balaban J connectivity index is 2.48. The van der Waals surface area contributed by atoms with Crippen LogP contribution in [0.25, 0.3) is 0 Å². The maximum absolute atomic E-state index is 10.5. The summed E-state index contributed by atoms with van der Waals surface area (Å²) in [5.41, 5.74) is 2.83. The molecule has 3 heteroatoms. The van der Waals surface area contributed by atoms with Crippen LogP contribution in [0.4, 0.5) is 0 Å². The minimum Gasteiger partial charge on any atom is -0.273 e. The zero-order chi connectivity index (χ0) is 5.98. The number of nitrogens with zero attached hydrogens (tertiary/aromatic N) is 1. The SMILES string of the molecule is CC(=O)N1C=CCN1. The Kier molecular flexibility index (Phi) is 1.30. The molecule has 0 saturated carbocycles. The molecule has 1 aliphatic rings. The first-order valence-corrected chi connectivity index (χ1v) is 2.50. The molecule has 0 unspecified atom stereocenters. The molecule has 1 heterocycles. The fraction of sp³-hybridized carbons (Fsp3) is 0.400. The number of hydrogen-bond acceptors (Lipinski definition) is 2. The van der Waals surface area contributed by atoms with Crippen LogP contribution >= 0.6 is 0 Å². The number of carbonyl (C=O) groups excluding carboxylic acids is 1. The van der Waals surface area contributed by atoms with Gasteiger partial charge in [-0.2, -0.15) is 0 Å². The van der Waals surface area contributed by atoms with Crippen LogP contribution in [-0.4, -0.2) is 17.5 Å². The molecular formula is C5H8N2O. The lowest BCUT2D eigenvalue weighted by molar-refractivity contribution is -0.128. The number of amides is 1. The van der Waals surface area contributed by atoms with E-state index in [9.17, 15) is 4.79 Å². The summed E-state index contributed by atoms with van der Waals surface area (Å²) in [7, 11) is 0. The fourth-order valence-electron chi connectivity index (χ4n) is 0.578. The van der Waals surface area contributed by atoms with Crippen LogP contribution in [0, 0.1) is 0 Å². The van der Waals surface area contributed by atoms with Crippen LogP contribution in [0.5, 0.6) is 0 Å². The van der Waals surface area contributed by atoms with Gasteiger partial charge in [0.05, 0.1) is 0 Å². The smallest absolute Gasteiger partial charge is 0.237 e. The highest BCUT2D eigenvalue weighted by Crippen LogP contribution is 1.91. The van der Waals surface area contributed by atoms with E-state index in [0.29, 0.717) is 0 Å². The quantitative estimate of drug-likeness (QED) is 0.473. The molecule has 0 aromatic heterocycles. The number of hydrazine groups is 1. The largest absolute Gasteiger partial charge is 0.273 e. The van der Waals surface area contributed by atoms with Crippen molar-refractivity contribution in [2.45, 2.75) is 6.92 Å². The van der Waals surface area contributed by atoms with Gasteiger partial charge in [-0.25, -0.2) is 5.43 Å². The van der Waals surface area contributed by atoms with E-state index in [4.69, 9.17) is 0 Å². The van der Waals surface area contributed by atoms with Gasteiger partial charge in [-0.1, -0.05) is 6.08 Å². The van der Waals surface area contributed by atoms with Crippen LogP contribution in [0.2, 0.25) is 0 Å². The third kappa shape index (κ3) is 0.869. The molecule has 1 amide bonds. The van der Waals surface area contributed by atoms with Gasteiger partial charge in [0, 0.05) is 19.7 Å². The van der Waals surface area contributed by atoms with E-state index in [1.807, 2.05) is 6.08 Å². The fourth-order valence-corrected chi connectivity index (χ4v) is 0.578. The van der Waals surface area contributed by atoms with Crippen molar-refractivity contribution in [1.29, 1.82) is 0 Å². The highest BCUT2D eigenvalue weighted by molar-refractivity contribution is 5.74. The molecule has 0 atom stereocenters. The van der Waals surface area contributed by atoms with E-state index < -0.39 is 0 Å².